The smallest absolute Gasteiger partial charge is 0.137 e. The van der Waals surface area contributed by atoms with Crippen molar-refractivity contribution in [2.75, 3.05) is 19.8 Å². The Morgan fingerprint density at radius 3 is 2.82 bits per heavy atom. The van der Waals surface area contributed by atoms with Crippen molar-refractivity contribution in [3.63, 3.8) is 0 Å². The summed E-state index contributed by atoms with van der Waals surface area (Å²) in [6, 6.07) is 1.84. The van der Waals surface area contributed by atoms with E-state index < -0.39 is 6.10 Å². The predicted octanol–water partition coefficient (Wildman–Crippen LogP) is 2.33. The Hall–Kier alpha value is -1.13. The summed E-state index contributed by atoms with van der Waals surface area (Å²) in [7, 11) is 0. The molecule has 4 heteroatoms. The quantitative estimate of drug-likeness (QED) is 0.707. The Kier molecular flexibility index (Phi) is 6.58. The maximum absolute atomic E-state index is 9.96. The molecule has 0 spiro atoms. The summed E-state index contributed by atoms with van der Waals surface area (Å²) in [4.78, 5) is 4.05. The lowest BCUT2D eigenvalue weighted by molar-refractivity contribution is 0.114. The van der Waals surface area contributed by atoms with Gasteiger partial charge in [-0.2, -0.15) is 0 Å². The molecule has 0 amide bonds. The van der Waals surface area contributed by atoms with Crippen LogP contribution >= 0.6 is 0 Å². The van der Waals surface area contributed by atoms with Crippen LogP contribution < -0.4 is 4.74 Å². The lowest BCUT2D eigenvalue weighted by Gasteiger charge is -2.11. The third kappa shape index (κ3) is 5.15. The Labute approximate surface area is 103 Å². The fraction of sp³-hybridized carbons (Fsp3) is 0.615. The fourth-order valence-corrected chi connectivity index (χ4v) is 1.55. The van der Waals surface area contributed by atoms with Gasteiger partial charge in [0.25, 0.3) is 0 Å². The second-order valence-electron chi connectivity index (χ2n) is 3.74. The lowest BCUT2D eigenvalue weighted by Crippen LogP contribution is -2.02. The second-order valence-corrected chi connectivity index (χ2v) is 3.74. The summed E-state index contributed by atoms with van der Waals surface area (Å²) >= 11 is 0. The topological polar surface area (TPSA) is 51.6 Å². The number of ether oxygens (including phenoxy) is 2. The van der Waals surface area contributed by atoms with Gasteiger partial charge in [0.05, 0.1) is 18.9 Å². The molecule has 0 aliphatic rings. The van der Waals surface area contributed by atoms with Gasteiger partial charge in [-0.05, 0) is 32.8 Å². The van der Waals surface area contributed by atoms with Gasteiger partial charge in [-0.1, -0.05) is 0 Å². The van der Waals surface area contributed by atoms with Gasteiger partial charge in [0.1, 0.15) is 5.75 Å². The van der Waals surface area contributed by atoms with Crippen molar-refractivity contribution in [1.82, 2.24) is 4.98 Å². The van der Waals surface area contributed by atoms with E-state index in [0.29, 0.717) is 25.4 Å². The molecule has 4 nitrogen and oxygen atoms in total. The standard InChI is InChI=1S/C13H21NO3/c1-3-16-7-5-6-13(15)11-8-12(17-4-2)10-14-9-11/h8-10,13,15H,3-7H2,1-2H3. The van der Waals surface area contributed by atoms with E-state index in [9.17, 15) is 5.11 Å². The molecule has 1 aromatic heterocycles. The van der Waals surface area contributed by atoms with Crippen LogP contribution in [0.5, 0.6) is 5.75 Å². The molecule has 0 aliphatic heterocycles. The van der Waals surface area contributed by atoms with E-state index in [1.54, 1.807) is 12.4 Å². The summed E-state index contributed by atoms with van der Waals surface area (Å²) < 4.78 is 10.6. The molecular weight excluding hydrogens is 218 g/mol. The molecule has 0 saturated carbocycles. The van der Waals surface area contributed by atoms with Crippen molar-refractivity contribution >= 4 is 0 Å². The number of pyridine rings is 1. The highest BCUT2D eigenvalue weighted by Gasteiger charge is 2.08. The number of aliphatic hydroxyl groups excluding tert-OH is 1. The predicted molar refractivity (Wildman–Crippen MR) is 66.1 cm³/mol. The van der Waals surface area contributed by atoms with Crippen molar-refractivity contribution in [2.24, 2.45) is 0 Å². The van der Waals surface area contributed by atoms with Crippen molar-refractivity contribution in [3.05, 3.63) is 24.0 Å². The zero-order valence-corrected chi connectivity index (χ0v) is 10.6. The normalized spacial score (nSPS) is 12.4. The first-order valence-corrected chi connectivity index (χ1v) is 6.11. The van der Waals surface area contributed by atoms with Crippen LogP contribution in [0.4, 0.5) is 0 Å². The maximum atomic E-state index is 9.96. The average Bonchev–Trinajstić information content (AvgIpc) is 2.35. The molecular formula is C13H21NO3. The maximum Gasteiger partial charge on any atom is 0.137 e. The van der Waals surface area contributed by atoms with E-state index in [1.165, 1.54) is 0 Å². The molecule has 1 atom stereocenters. The highest BCUT2D eigenvalue weighted by atomic mass is 16.5. The van der Waals surface area contributed by atoms with E-state index in [0.717, 1.165) is 18.6 Å². The molecule has 0 saturated heterocycles. The van der Waals surface area contributed by atoms with E-state index in [1.807, 2.05) is 19.9 Å². The van der Waals surface area contributed by atoms with Crippen LogP contribution in [0, 0.1) is 0 Å². The van der Waals surface area contributed by atoms with Gasteiger partial charge in [-0.3, -0.25) is 4.98 Å². The number of nitrogens with zero attached hydrogens (tertiary/aromatic N) is 1. The molecule has 0 aromatic carbocycles. The molecule has 0 bridgehead atoms. The summed E-state index contributed by atoms with van der Waals surface area (Å²) in [6.45, 7) is 5.90. The lowest BCUT2D eigenvalue weighted by atomic mass is 10.1. The van der Waals surface area contributed by atoms with Gasteiger partial charge >= 0.3 is 0 Å². The molecule has 1 rings (SSSR count). The highest BCUT2D eigenvalue weighted by Crippen LogP contribution is 2.21. The van der Waals surface area contributed by atoms with Gasteiger partial charge in [0, 0.05) is 25.0 Å². The molecule has 1 aromatic rings. The van der Waals surface area contributed by atoms with Crippen molar-refractivity contribution in [2.45, 2.75) is 32.8 Å². The van der Waals surface area contributed by atoms with E-state index in [4.69, 9.17) is 9.47 Å². The zero-order valence-electron chi connectivity index (χ0n) is 10.6. The molecule has 1 unspecified atom stereocenters. The SMILES string of the molecule is CCOCCCC(O)c1cncc(OCC)c1. The van der Waals surface area contributed by atoms with Crippen molar-refractivity contribution in [3.8, 4) is 5.75 Å². The van der Waals surface area contributed by atoms with E-state index in [2.05, 4.69) is 4.98 Å². The zero-order chi connectivity index (χ0) is 12.5. The molecule has 1 N–H and O–H groups in total. The first kappa shape index (κ1) is 13.9. The number of hydrogen-bond acceptors (Lipinski definition) is 4. The van der Waals surface area contributed by atoms with Crippen LogP contribution in [0.15, 0.2) is 18.5 Å². The van der Waals surface area contributed by atoms with Gasteiger partial charge in [0.15, 0.2) is 0 Å². The first-order valence-electron chi connectivity index (χ1n) is 6.11. The Morgan fingerprint density at radius 2 is 2.12 bits per heavy atom. The van der Waals surface area contributed by atoms with Crippen LogP contribution in [-0.4, -0.2) is 29.9 Å². The minimum absolute atomic E-state index is 0.497. The summed E-state index contributed by atoms with van der Waals surface area (Å²) in [6.07, 6.45) is 4.35. The van der Waals surface area contributed by atoms with Crippen LogP contribution in [0.3, 0.4) is 0 Å². The highest BCUT2D eigenvalue weighted by molar-refractivity contribution is 5.25. The molecule has 0 fully saturated rings. The number of aliphatic hydroxyl groups is 1. The Bertz CT molecular complexity index is 317. The minimum atomic E-state index is -0.497. The van der Waals surface area contributed by atoms with Crippen LogP contribution in [-0.2, 0) is 4.74 Å². The third-order valence-electron chi connectivity index (χ3n) is 2.40. The Morgan fingerprint density at radius 1 is 1.29 bits per heavy atom. The van der Waals surface area contributed by atoms with Crippen molar-refractivity contribution < 1.29 is 14.6 Å². The van der Waals surface area contributed by atoms with Gasteiger partial charge in [0.2, 0.25) is 0 Å². The number of hydrogen-bond donors (Lipinski definition) is 1. The molecule has 17 heavy (non-hydrogen) atoms. The third-order valence-corrected chi connectivity index (χ3v) is 2.40. The van der Waals surface area contributed by atoms with E-state index in [-0.39, 0.29) is 0 Å². The largest absolute Gasteiger partial charge is 0.492 e. The molecule has 0 aliphatic carbocycles. The van der Waals surface area contributed by atoms with Gasteiger partial charge < -0.3 is 14.6 Å². The monoisotopic (exact) mass is 239 g/mol. The summed E-state index contributed by atoms with van der Waals surface area (Å²) in [5.41, 5.74) is 0.799. The van der Waals surface area contributed by atoms with Crippen LogP contribution in [0.1, 0.15) is 38.4 Å². The van der Waals surface area contributed by atoms with Gasteiger partial charge in [-0.15, -0.1) is 0 Å². The van der Waals surface area contributed by atoms with Crippen LogP contribution in [0.25, 0.3) is 0 Å². The molecule has 1 heterocycles. The molecule has 0 radical (unpaired) electrons. The Balaban J connectivity index is 2.44. The number of aromatic nitrogens is 1. The van der Waals surface area contributed by atoms with Gasteiger partial charge in [-0.25, -0.2) is 0 Å². The minimum Gasteiger partial charge on any atom is -0.492 e. The van der Waals surface area contributed by atoms with E-state index >= 15 is 0 Å². The second kappa shape index (κ2) is 8.03. The fourth-order valence-electron chi connectivity index (χ4n) is 1.55. The summed E-state index contributed by atoms with van der Waals surface area (Å²) in [5, 5.41) is 9.96. The van der Waals surface area contributed by atoms with Crippen molar-refractivity contribution in [1.29, 1.82) is 0 Å². The first-order chi connectivity index (χ1) is 8.27. The average molecular weight is 239 g/mol. The summed E-state index contributed by atoms with van der Waals surface area (Å²) in [5.74, 6) is 0.703. The molecule has 96 valence electrons. The van der Waals surface area contributed by atoms with Crippen LogP contribution in [0.2, 0.25) is 0 Å². The number of rotatable bonds is 8.